The van der Waals surface area contributed by atoms with Crippen molar-refractivity contribution in [2.45, 2.75) is 13.0 Å². The molecule has 0 unspecified atom stereocenters. The van der Waals surface area contributed by atoms with Crippen LogP contribution >= 0.6 is 0 Å². The average molecular weight is 467 g/mol. The summed E-state index contributed by atoms with van der Waals surface area (Å²) >= 11 is 0. The van der Waals surface area contributed by atoms with E-state index in [2.05, 4.69) is 31.2 Å². The Morgan fingerprint density at radius 2 is 1.86 bits per heavy atom. The molecule has 8 nitrogen and oxygen atoms in total. The number of para-hydroxylation sites is 1. The number of imidazole rings is 1. The van der Waals surface area contributed by atoms with Gasteiger partial charge in [-0.2, -0.15) is 0 Å². The summed E-state index contributed by atoms with van der Waals surface area (Å²) < 4.78 is 7.36. The molecule has 0 aliphatic carbocycles. The molecular formula is C27H26N6O2. The van der Waals surface area contributed by atoms with E-state index in [1.807, 2.05) is 66.1 Å². The van der Waals surface area contributed by atoms with E-state index in [1.165, 1.54) is 0 Å². The van der Waals surface area contributed by atoms with Crippen LogP contribution in [-0.4, -0.2) is 45.8 Å². The zero-order valence-corrected chi connectivity index (χ0v) is 19.4. The predicted molar refractivity (Wildman–Crippen MR) is 139 cm³/mol. The van der Waals surface area contributed by atoms with E-state index >= 15 is 0 Å². The minimum Gasteiger partial charge on any atom is -0.378 e. The Morgan fingerprint density at radius 1 is 1.03 bits per heavy atom. The summed E-state index contributed by atoms with van der Waals surface area (Å²) in [5, 5.41) is 5.13. The van der Waals surface area contributed by atoms with Crippen molar-refractivity contribution in [1.82, 2.24) is 19.5 Å². The smallest absolute Gasteiger partial charge is 0.265 e. The van der Waals surface area contributed by atoms with Crippen molar-refractivity contribution in [3.63, 3.8) is 0 Å². The number of ether oxygens (including phenoxy) is 1. The minimum atomic E-state index is -0.214. The minimum absolute atomic E-state index is 0.0367. The Balaban J connectivity index is 1.53. The van der Waals surface area contributed by atoms with E-state index in [1.54, 1.807) is 12.5 Å². The summed E-state index contributed by atoms with van der Waals surface area (Å²) in [6, 6.07) is 19.6. The summed E-state index contributed by atoms with van der Waals surface area (Å²) in [4.78, 5) is 28.5. The van der Waals surface area contributed by atoms with Crippen LogP contribution in [0.2, 0.25) is 0 Å². The molecule has 1 saturated heterocycles. The Bertz CT molecular complexity index is 1550. The third kappa shape index (κ3) is 3.81. The van der Waals surface area contributed by atoms with Gasteiger partial charge in [0.2, 0.25) is 0 Å². The number of fused-ring (bicyclic) bond motifs is 2. The van der Waals surface area contributed by atoms with Crippen LogP contribution in [-0.2, 0) is 4.74 Å². The lowest BCUT2D eigenvalue weighted by Gasteiger charge is -2.30. The van der Waals surface area contributed by atoms with Crippen LogP contribution in [0.4, 0.5) is 11.5 Å². The van der Waals surface area contributed by atoms with Crippen molar-refractivity contribution >= 4 is 33.3 Å². The number of H-pyrrole nitrogens is 1. The van der Waals surface area contributed by atoms with Crippen LogP contribution in [0.1, 0.15) is 18.7 Å². The summed E-state index contributed by atoms with van der Waals surface area (Å²) in [7, 11) is 0. The van der Waals surface area contributed by atoms with Gasteiger partial charge in [-0.3, -0.25) is 9.36 Å². The molecule has 0 saturated carbocycles. The molecule has 8 heteroatoms. The van der Waals surface area contributed by atoms with E-state index in [4.69, 9.17) is 4.74 Å². The van der Waals surface area contributed by atoms with E-state index in [9.17, 15) is 4.79 Å². The molecule has 3 aromatic heterocycles. The molecule has 176 valence electrons. The number of anilines is 2. The monoisotopic (exact) mass is 466 g/mol. The fourth-order valence-corrected chi connectivity index (χ4v) is 4.85. The first kappa shape index (κ1) is 21.4. The van der Waals surface area contributed by atoms with E-state index in [0.717, 1.165) is 52.0 Å². The summed E-state index contributed by atoms with van der Waals surface area (Å²) in [6.07, 6.45) is 3.40. The van der Waals surface area contributed by atoms with E-state index in [0.29, 0.717) is 19.0 Å². The Kier molecular flexibility index (Phi) is 5.42. The quantitative estimate of drug-likeness (QED) is 0.402. The fourth-order valence-electron chi connectivity index (χ4n) is 4.85. The van der Waals surface area contributed by atoms with Crippen molar-refractivity contribution in [2.24, 2.45) is 0 Å². The maximum atomic E-state index is 14.2. The molecule has 0 radical (unpaired) electrons. The highest BCUT2D eigenvalue weighted by Crippen LogP contribution is 2.30. The maximum Gasteiger partial charge on any atom is 0.265 e. The number of rotatable bonds is 5. The number of aromatic nitrogens is 4. The van der Waals surface area contributed by atoms with Crippen molar-refractivity contribution in [3.05, 3.63) is 89.2 Å². The van der Waals surface area contributed by atoms with Crippen LogP contribution in [0.25, 0.3) is 27.5 Å². The number of nitrogens with one attached hydrogen (secondary N) is 2. The van der Waals surface area contributed by atoms with Gasteiger partial charge in [0.1, 0.15) is 5.52 Å². The SMILES string of the molecule is C[C@@H](Nc1nccc2[nH]cnc12)c1cc2cccc(N3CCOCC3)c2c(=O)n1-c1ccccc1. The molecule has 1 aliphatic rings. The fraction of sp³-hybridized carbons (Fsp3) is 0.222. The molecule has 0 spiro atoms. The molecule has 2 aromatic carbocycles. The molecule has 0 bridgehead atoms. The molecule has 1 fully saturated rings. The Morgan fingerprint density at radius 3 is 2.69 bits per heavy atom. The van der Waals surface area contributed by atoms with Gasteiger partial charge in [0.15, 0.2) is 5.82 Å². The van der Waals surface area contributed by atoms with Crippen LogP contribution in [0, 0.1) is 0 Å². The number of aromatic amines is 1. The number of pyridine rings is 2. The predicted octanol–water partition coefficient (Wildman–Crippen LogP) is 4.27. The zero-order valence-electron chi connectivity index (χ0n) is 19.4. The van der Waals surface area contributed by atoms with Crippen LogP contribution in [0.5, 0.6) is 0 Å². The first-order valence-electron chi connectivity index (χ1n) is 11.8. The van der Waals surface area contributed by atoms with Gasteiger partial charge in [-0.05, 0) is 42.6 Å². The second-order valence-corrected chi connectivity index (χ2v) is 8.71. The second kappa shape index (κ2) is 8.88. The normalized spacial score (nSPS) is 14.9. The van der Waals surface area contributed by atoms with E-state index < -0.39 is 0 Å². The second-order valence-electron chi connectivity index (χ2n) is 8.71. The molecule has 35 heavy (non-hydrogen) atoms. The number of hydrogen-bond donors (Lipinski definition) is 2. The van der Waals surface area contributed by atoms with Gasteiger partial charge in [0, 0.05) is 30.7 Å². The van der Waals surface area contributed by atoms with Crippen LogP contribution in [0.15, 0.2) is 78.0 Å². The first-order chi connectivity index (χ1) is 17.2. The zero-order chi connectivity index (χ0) is 23.8. The van der Waals surface area contributed by atoms with Crippen LogP contribution < -0.4 is 15.8 Å². The van der Waals surface area contributed by atoms with Crippen molar-refractivity contribution < 1.29 is 4.74 Å². The third-order valence-electron chi connectivity index (χ3n) is 6.55. The largest absolute Gasteiger partial charge is 0.378 e. The summed E-state index contributed by atoms with van der Waals surface area (Å²) in [5.74, 6) is 0.672. The van der Waals surface area contributed by atoms with Gasteiger partial charge >= 0.3 is 0 Å². The summed E-state index contributed by atoms with van der Waals surface area (Å²) in [6.45, 7) is 4.90. The van der Waals surface area contributed by atoms with Crippen LogP contribution in [0.3, 0.4) is 0 Å². The van der Waals surface area contributed by atoms with Gasteiger partial charge in [0.05, 0.1) is 42.2 Å². The Labute approximate surface area is 202 Å². The maximum absolute atomic E-state index is 14.2. The van der Waals surface area contributed by atoms with Gasteiger partial charge in [-0.1, -0.05) is 30.3 Å². The molecule has 0 amide bonds. The molecule has 6 rings (SSSR count). The van der Waals surface area contributed by atoms with Crippen molar-refractivity contribution in [1.29, 1.82) is 0 Å². The number of morpholine rings is 1. The lowest BCUT2D eigenvalue weighted by atomic mass is 10.0. The van der Waals surface area contributed by atoms with Crippen molar-refractivity contribution in [2.75, 3.05) is 36.5 Å². The number of hydrogen-bond acceptors (Lipinski definition) is 6. The molecule has 4 heterocycles. The molecular weight excluding hydrogens is 440 g/mol. The lowest BCUT2D eigenvalue weighted by Crippen LogP contribution is -2.37. The van der Waals surface area contributed by atoms with Crippen molar-refractivity contribution in [3.8, 4) is 5.69 Å². The Hall–Kier alpha value is -4.17. The van der Waals surface area contributed by atoms with E-state index in [-0.39, 0.29) is 11.6 Å². The number of nitrogens with zero attached hydrogens (tertiary/aromatic N) is 4. The third-order valence-corrected chi connectivity index (χ3v) is 6.55. The first-order valence-corrected chi connectivity index (χ1v) is 11.8. The molecule has 2 N–H and O–H groups in total. The molecule has 5 aromatic rings. The standard InChI is InChI=1S/C27H26N6O2/c1-18(31-26-25-21(10-11-28-26)29-17-30-25)23-16-19-6-5-9-22(32-12-14-35-15-13-32)24(19)27(34)33(23)20-7-3-2-4-8-20/h2-11,16-18H,12-15H2,1H3,(H,28,31)(H,29,30)/t18-/m1/s1. The average Bonchev–Trinajstić information content (AvgIpc) is 3.39. The van der Waals surface area contributed by atoms with Gasteiger partial charge in [0.25, 0.3) is 5.56 Å². The van der Waals surface area contributed by atoms with Gasteiger partial charge in [-0.15, -0.1) is 0 Å². The number of benzene rings is 2. The highest BCUT2D eigenvalue weighted by atomic mass is 16.5. The lowest BCUT2D eigenvalue weighted by molar-refractivity contribution is 0.123. The summed E-state index contributed by atoms with van der Waals surface area (Å²) in [5.41, 5.74) is 4.26. The molecule has 1 atom stereocenters. The van der Waals surface area contributed by atoms with Gasteiger partial charge in [-0.25, -0.2) is 9.97 Å². The van der Waals surface area contributed by atoms with Gasteiger partial charge < -0.3 is 19.9 Å². The molecule has 1 aliphatic heterocycles. The highest BCUT2D eigenvalue weighted by molar-refractivity contribution is 5.94. The highest BCUT2D eigenvalue weighted by Gasteiger charge is 2.22. The topological polar surface area (TPSA) is 88.1 Å².